The third kappa shape index (κ3) is 3.50. The highest BCUT2D eigenvalue weighted by atomic mass is 16.5. The monoisotopic (exact) mass is 429 g/mol. The number of methoxy groups -OCH3 is 1. The van der Waals surface area contributed by atoms with E-state index in [1.54, 1.807) is 54.6 Å². The summed E-state index contributed by atoms with van der Waals surface area (Å²) in [6.45, 7) is 2.02. The van der Waals surface area contributed by atoms with E-state index >= 15 is 0 Å². The minimum atomic E-state index is -0.981. The van der Waals surface area contributed by atoms with Crippen molar-refractivity contribution in [2.45, 2.75) is 19.4 Å². The number of anilines is 1. The van der Waals surface area contributed by atoms with Crippen molar-refractivity contribution in [1.29, 1.82) is 0 Å². The molecule has 1 saturated heterocycles. The third-order valence-corrected chi connectivity index (χ3v) is 5.65. The number of hydrogen-bond donors (Lipinski definition) is 2. The van der Waals surface area contributed by atoms with E-state index in [1.807, 2.05) is 19.1 Å². The van der Waals surface area contributed by atoms with Gasteiger partial charge in [-0.1, -0.05) is 61.5 Å². The Bertz CT molecular complexity index is 1210. The van der Waals surface area contributed by atoms with Crippen molar-refractivity contribution in [3.63, 3.8) is 0 Å². The molecule has 0 aromatic heterocycles. The van der Waals surface area contributed by atoms with Gasteiger partial charge in [-0.05, 0) is 30.2 Å². The molecule has 0 spiro atoms. The molecule has 4 rings (SSSR count). The number of benzene rings is 3. The molecule has 3 aromatic carbocycles. The molecule has 1 aliphatic heterocycles. The van der Waals surface area contributed by atoms with Gasteiger partial charge in [0, 0.05) is 11.1 Å². The Morgan fingerprint density at radius 2 is 1.62 bits per heavy atom. The highest BCUT2D eigenvalue weighted by Gasteiger charge is 2.48. The van der Waals surface area contributed by atoms with Crippen molar-refractivity contribution in [3.8, 4) is 11.5 Å². The highest BCUT2D eigenvalue weighted by Crippen LogP contribution is 2.46. The molecular formula is C26H23NO5. The maximum atomic E-state index is 13.2. The van der Waals surface area contributed by atoms with Gasteiger partial charge < -0.3 is 14.9 Å². The number of carbonyl (C=O) groups is 2. The molecule has 1 atom stereocenters. The van der Waals surface area contributed by atoms with Crippen LogP contribution < -0.4 is 9.64 Å². The second-order valence-corrected chi connectivity index (χ2v) is 7.45. The number of carbonyl (C=O) groups excluding carboxylic acids is 2. The minimum Gasteiger partial charge on any atom is -0.507 e. The van der Waals surface area contributed by atoms with Gasteiger partial charge in [-0.15, -0.1) is 0 Å². The number of amides is 1. The van der Waals surface area contributed by atoms with Crippen LogP contribution in [0.4, 0.5) is 5.69 Å². The zero-order valence-electron chi connectivity index (χ0n) is 17.8. The molecule has 2 N–H and O–H groups in total. The lowest BCUT2D eigenvalue weighted by Gasteiger charge is -2.27. The number of ketones is 1. The predicted octanol–water partition coefficient (Wildman–Crippen LogP) is 4.59. The summed E-state index contributed by atoms with van der Waals surface area (Å²) in [5, 5.41) is 21.6. The van der Waals surface area contributed by atoms with Crippen LogP contribution in [0.3, 0.4) is 0 Å². The summed E-state index contributed by atoms with van der Waals surface area (Å²) in [5.41, 5.74) is 2.14. The van der Waals surface area contributed by atoms with Gasteiger partial charge in [0.1, 0.15) is 17.3 Å². The Balaban J connectivity index is 1.98. The lowest BCUT2D eigenvalue weighted by molar-refractivity contribution is -0.132. The van der Waals surface area contributed by atoms with Crippen LogP contribution in [0.1, 0.15) is 29.7 Å². The first kappa shape index (κ1) is 21.2. The van der Waals surface area contributed by atoms with Crippen molar-refractivity contribution in [1.82, 2.24) is 0 Å². The van der Waals surface area contributed by atoms with Gasteiger partial charge in [-0.2, -0.15) is 0 Å². The summed E-state index contributed by atoms with van der Waals surface area (Å²) in [4.78, 5) is 27.6. The summed E-state index contributed by atoms with van der Waals surface area (Å²) in [6.07, 6.45) is 0.833. The first-order valence-electron chi connectivity index (χ1n) is 10.3. The molecule has 1 aliphatic rings. The number of rotatable bonds is 5. The number of aliphatic hydroxyl groups is 1. The van der Waals surface area contributed by atoms with E-state index in [2.05, 4.69) is 0 Å². The number of aromatic hydroxyl groups is 1. The van der Waals surface area contributed by atoms with Crippen LogP contribution in [-0.4, -0.2) is 29.0 Å². The van der Waals surface area contributed by atoms with E-state index in [1.165, 1.54) is 18.1 Å². The molecule has 1 fully saturated rings. The largest absolute Gasteiger partial charge is 0.507 e. The van der Waals surface area contributed by atoms with E-state index in [-0.39, 0.29) is 22.8 Å². The molecular weight excluding hydrogens is 406 g/mol. The average molecular weight is 429 g/mol. The van der Waals surface area contributed by atoms with E-state index in [0.29, 0.717) is 16.9 Å². The third-order valence-electron chi connectivity index (χ3n) is 5.65. The number of para-hydroxylation sites is 3. The fourth-order valence-corrected chi connectivity index (χ4v) is 3.99. The van der Waals surface area contributed by atoms with Gasteiger partial charge in [-0.25, -0.2) is 0 Å². The van der Waals surface area contributed by atoms with E-state index in [9.17, 15) is 19.8 Å². The summed E-state index contributed by atoms with van der Waals surface area (Å²) in [6, 6.07) is 19.5. The highest BCUT2D eigenvalue weighted by molar-refractivity contribution is 6.52. The molecule has 0 saturated carbocycles. The van der Waals surface area contributed by atoms with Crippen molar-refractivity contribution in [2.75, 3.05) is 12.0 Å². The summed E-state index contributed by atoms with van der Waals surface area (Å²) >= 11 is 0. The lowest BCUT2D eigenvalue weighted by atomic mass is 9.94. The number of phenolic OH excluding ortho intramolecular Hbond substituents is 1. The first-order valence-corrected chi connectivity index (χ1v) is 10.3. The molecule has 6 nitrogen and oxygen atoms in total. The van der Waals surface area contributed by atoms with Crippen LogP contribution in [0.2, 0.25) is 0 Å². The van der Waals surface area contributed by atoms with Gasteiger partial charge in [0.2, 0.25) is 0 Å². The number of aliphatic hydroxyl groups excluding tert-OH is 1. The zero-order chi connectivity index (χ0) is 22.8. The van der Waals surface area contributed by atoms with Gasteiger partial charge in [0.15, 0.2) is 0 Å². The number of aryl methyl sites for hydroxylation is 1. The second-order valence-electron chi connectivity index (χ2n) is 7.45. The van der Waals surface area contributed by atoms with Crippen LogP contribution >= 0.6 is 0 Å². The van der Waals surface area contributed by atoms with Gasteiger partial charge >= 0.3 is 0 Å². The maximum absolute atomic E-state index is 13.2. The topological polar surface area (TPSA) is 87.1 Å². The number of phenols is 1. The molecule has 0 radical (unpaired) electrons. The zero-order valence-corrected chi connectivity index (χ0v) is 17.8. The molecule has 32 heavy (non-hydrogen) atoms. The fourth-order valence-electron chi connectivity index (χ4n) is 3.99. The average Bonchev–Trinajstić information content (AvgIpc) is 3.09. The number of hydrogen-bond acceptors (Lipinski definition) is 5. The van der Waals surface area contributed by atoms with Crippen LogP contribution in [0.5, 0.6) is 11.5 Å². The van der Waals surface area contributed by atoms with Crippen molar-refractivity contribution >= 4 is 23.1 Å². The van der Waals surface area contributed by atoms with Crippen LogP contribution in [0.15, 0.2) is 78.4 Å². The molecule has 1 unspecified atom stereocenters. The van der Waals surface area contributed by atoms with E-state index in [4.69, 9.17) is 4.74 Å². The normalized spacial score (nSPS) is 17.6. The van der Waals surface area contributed by atoms with Crippen molar-refractivity contribution < 1.29 is 24.5 Å². The van der Waals surface area contributed by atoms with Gasteiger partial charge in [0.25, 0.3) is 11.7 Å². The van der Waals surface area contributed by atoms with Crippen molar-refractivity contribution in [3.05, 3.63) is 95.1 Å². The lowest BCUT2D eigenvalue weighted by Crippen LogP contribution is -2.29. The van der Waals surface area contributed by atoms with E-state index < -0.39 is 17.7 Å². The Kier molecular flexibility index (Phi) is 5.69. The van der Waals surface area contributed by atoms with Gasteiger partial charge in [0.05, 0.1) is 24.4 Å². The molecule has 1 heterocycles. The summed E-state index contributed by atoms with van der Waals surface area (Å²) in [7, 11) is 1.49. The second kappa shape index (κ2) is 8.59. The quantitative estimate of drug-likeness (QED) is 0.352. The Hall–Kier alpha value is -4.06. The standard InChI is InChI=1S/C26H23NO5/c1-3-16-12-14-17(15-13-16)24(29)22-23(18-8-4-7-11-21(18)32-2)27(26(31)25(22)30)19-9-5-6-10-20(19)28/h4-15,23,28-29H,3H2,1-2H3/b24-22+. The number of Topliss-reactive ketones (excluding diaryl/α,β-unsaturated/α-hetero) is 1. The van der Waals surface area contributed by atoms with Crippen LogP contribution in [-0.2, 0) is 16.0 Å². The number of ether oxygens (including phenoxy) is 1. The molecule has 162 valence electrons. The predicted molar refractivity (Wildman–Crippen MR) is 122 cm³/mol. The Morgan fingerprint density at radius 3 is 2.28 bits per heavy atom. The Morgan fingerprint density at radius 1 is 0.969 bits per heavy atom. The molecule has 0 bridgehead atoms. The Labute approximate surface area is 186 Å². The van der Waals surface area contributed by atoms with Crippen LogP contribution in [0, 0.1) is 0 Å². The fraction of sp³-hybridized carbons (Fsp3) is 0.154. The first-order chi connectivity index (χ1) is 15.5. The summed E-state index contributed by atoms with van der Waals surface area (Å²) in [5.74, 6) is -1.65. The minimum absolute atomic E-state index is 0.0630. The molecule has 6 heteroatoms. The van der Waals surface area contributed by atoms with Crippen molar-refractivity contribution in [2.24, 2.45) is 0 Å². The smallest absolute Gasteiger partial charge is 0.300 e. The SMILES string of the molecule is CCc1ccc(/C(O)=C2\C(=O)C(=O)N(c3ccccc3O)C2c2ccccc2OC)cc1. The molecule has 3 aromatic rings. The molecule has 0 aliphatic carbocycles. The summed E-state index contributed by atoms with van der Waals surface area (Å²) < 4.78 is 5.49. The van der Waals surface area contributed by atoms with Crippen LogP contribution in [0.25, 0.3) is 5.76 Å². The number of nitrogens with zero attached hydrogens (tertiary/aromatic N) is 1. The van der Waals surface area contributed by atoms with Gasteiger partial charge in [-0.3, -0.25) is 14.5 Å². The van der Waals surface area contributed by atoms with E-state index in [0.717, 1.165) is 12.0 Å². The maximum Gasteiger partial charge on any atom is 0.300 e. The molecule has 1 amide bonds.